The molecule has 3 rings (SSSR count). The molecule has 0 saturated heterocycles. The quantitative estimate of drug-likeness (QED) is 0.638. The Morgan fingerprint density at radius 3 is 2.33 bits per heavy atom. The Bertz CT molecular complexity index is 988. The number of nitrogens with zero attached hydrogens (tertiary/aromatic N) is 3. The SMILES string of the molecule is Cn1cc(F)c2cc(-c3ncc(C(C)(C)C)cn3)c(P)cc2c1=O. The molecule has 0 amide bonds. The topological polar surface area (TPSA) is 47.8 Å². The number of hydrogen-bond donors (Lipinski definition) is 0. The lowest BCUT2D eigenvalue weighted by molar-refractivity contribution is 0.584. The number of aromatic nitrogens is 3. The Kier molecular flexibility index (Phi) is 4.00. The lowest BCUT2D eigenvalue weighted by Gasteiger charge is -2.18. The molecule has 0 aliphatic rings. The summed E-state index contributed by atoms with van der Waals surface area (Å²) in [4.78, 5) is 21.0. The molecule has 1 unspecified atom stereocenters. The summed E-state index contributed by atoms with van der Waals surface area (Å²) >= 11 is 0. The van der Waals surface area contributed by atoms with E-state index in [1.54, 1.807) is 24.5 Å². The van der Waals surface area contributed by atoms with Crippen molar-refractivity contribution in [2.45, 2.75) is 26.2 Å². The molecule has 0 saturated carbocycles. The van der Waals surface area contributed by atoms with Crippen LogP contribution in [0.2, 0.25) is 0 Å². The summed E-state index contributed by atoms with van der Waals surface area (Å²) < 4.78 is 15.5. The fourth-order valence-corrected chi connectivity index (χ4v) is 2.91. The lowest BCUT2D eigenvalue weighted by Crippen LogP contribution is -2.18. The zero-order chi connectivity index (χ0) is 17.6. The van der Waals surface area contributed by atoms with Crippen molar-refractivity contribution in [3.05, 3.63) is 52.5 Å². The van der Waals surface area contributed by atoms with Crippen molar-refractivity contribution >= 4 is 25.3 Å². The summed E-state index contributed by atoms with van der Waals surface area (Å²) in [5, 5.41) is 1.38. The van der Waals surface area contributed by atoms with Gasteiger partial charge in [0, 0.05) is 36.6 Å². The van der Waals surface area contributed by atoms with Gasteiger partial charge in [0.25, 0.3) is 5.56 Å². The maximum Gasteiger partial charge on any atom is 0.258 e. The summed E-state index contributed by atoms with van der Waals surface area (Å²) in [5.74, 6) is 0.0691. The highest BCUT2D eigenvalue weighted by Gasteiger charge is 2.16. The molecule has 0 N–H and O–H groups in total. The second-order valence-electron chi connectivity index (χ2n) is 6.92. The van der Waals surface area contributed by atoms with Gasteiger partial charge in [0.15, 0.2) is 5.82 Å². The van der Waals surface area contributed by atoms with Crippen molar-refractivity contribution in [1.82, 2.24) is 14.5 Å². The first-order valence-corrected chi connectivity index (χ1v) is 8.17. The van der Waals surface area contributed by atoms with Crippen LogP contribution < -0.4 is 10.9 Å². The largest absolute Gasteiger partial charge is 0.315 e. The van der Waals surface area contributed by atoms with Crippen molar-refractivity contribution in [1.29, 1.82) is 0 Å². The van der Waals surface area contributed by atoms with E-state index < -0.39 is 5.82 Å². The van der Waals surface area contributed by atoms with E-state index in [0.29, 0.717) is 16.8 Å². The van der Waals surface area contributed by atoms with Gasteiger partial charge in [0.05, 0.1) is 5.39 Å². The molecule has 2 heterocycles. The molecule has 0 aliphatic carbocycles. The van der Waals surface area contributed by atoms with E-state index in [9.17, 15) is 9.18 Å². The van der Waals surface area contributed by atoms with Crippen molar-refractivity contribution in [2.75, 3.05) is 0 Å². The number of halogens is 1. The van der Waals surface area contributed by atoms with Gasteiger partial charge < -0.3 is 4.57 Å². The van der Waals surface area contributed by atoms with Crippen LogP contribution in [0.15, 0.2) is 35.5 Å². The summed E-state index contributed by atoms with van der Waals surface area (Å²) in [5.41, 5.74) is 1.45. The Labute approximate surface area is 142 Å². The van der Waals surface area contributed by atoms with Gasteiger partial charge >= 0.3 is 0 Å². The maximum atomic E-state index is 14.3. The van der Waals surface area contributed by atoms with E-state index in [2.05, 4.69) is 40.0 Å². The zero-order valence-electron chi connectivity index (χ0n) is 14.1. The molecule has 4 nitrogen and oxygen atoms in total. The Morgan fingerprint density at radius 1 is 1.12 bits per heavy atom. The molecule has 3 aromatic rings. The smallest absolute Gasteiger partial charge is 0.258 e. The third-order valence-corrected chi connectivity index (χ3v) is 4.54. The number of aryl methyl sites for hydroxylation is 1. The predicted octanol–water partition coefficient (Wildman–Crippen LogP) is 2.93. The number of rotatable bonds is 1. The normalized spacial score (nSPS) is 11.9. The van der Waals surface area contributed by atoms with Gasteiger partial charge in [-0.1, -0.05) is 20.8 Å². The number of benzene rings is 1. The van der Waals surface area contributed by atoms with Gasteiger partial charge in [0.1, 0.15) is 5.82 Å². The first kappa shape index (κ1) is 16.7. The highest BCUT2D eigenvalue weighted by molar-refractivity contribution is 7.28. The van der Waals surface area contributed by atoms with E-state index in [0.717, 1.165) is 10.9 Å². The minimum atomic E-state index is -0.440. The Balaban J connectivity index is 2.20. The molecule has 0 fully saturated rings. The van der Waals surface area contributed by atoms with Crippen molar-refractivity contribution in [3.63, 3.8) is 0 Å². The Hall–Kier alpha value is -2.13. The van der Waals surface area contributed by atoms with Gasteiger partial charge in [0.2, 0.25) is 0 Å². The van der Waals surface area contributed by atoms with Crippen LogP contribution >= 0.6 is 9.24 Å². The number of fused-ring (bicyclic) bond motifs is 1. The van der Waals surface area contributed by atoms with Crippen LogP contribution in [0.25, 0.3) is 22.2 Å². The molecule has 0 spiro atoms. The van der Waals surface area contributed by atoms with Gasteiger partial charge in [-0.15, -0.1) is 9.24 Å². The monoisotopic (exact) mass is 343 g/mol. The third-order valence-electron chi connectivity index (χ3n) is 4.06. The van der Waals surface area contributed by atoms with Crippen LogP contribution in [-0.4, -0.2) is 14.5 Å². The van der Waals surface area contributed by atoms with Crippen molar-refractivity contribution < 1.29 is 4.39 Å². The van der Waals surface area contributed by atoms with Crippen molar-refractivity contribution in [3.8, 4) is 11.4 Å². The van der Waals surface area contributed by atoms with Gasteiger partial charge in [-0.25, -0.2) is 14.4 Å². The molecule has 1 aromatic carbocycles. The molecule has 6 heteroatoms. The molecule has 2 aromatic heterocycles. The fraction of sp³-hybridized carbons (Fsp3) is 0.278. The van der Waals surface area contributed by atoms with E-state index in [1.165, 1.54) is 17.8 Å². The summed E-state index contributed by atoms with van der Waals surface area (Å²) in [6, 6.07) is 3.31. The Morgan fingerprint density at radius 2 is 1.75 bits per heavy atom. The minimum Gasteiger partial charge on any atom is -0.315 e. The molecule has 0 aliphatic heterocycles. The van der Waals surface area contributed by atoms with Crippen LogP contribution in [0.5, 0.6) is 0 Å². The van der Waals surface area contributed by atoms with Gasteiger partial charge in [-0.2, -0.15) is 0 Å². The molecule has 24 heavy (non-hydrogen) atoms. The molecular formula is C18H19FN3OP. The first-order chi connectivity index (χ1) is 11.2. The zero-order valence-corrected chi connectivity index (χ0v) is 15.2. The van der Waals surface area contributed by atoms with Crippen LogP contribution in [0.4, 0.5) is 4.39 Å². The average Bonchev–Trinajstić information content (AvgIpc) is 2.51. The highest BCUT2D eigenvalue weighted by atomic mass is 31.0. The van der Waals surface area contributed by atoms with Crippen LogP contribution in [0.3, 0.4) is 0 Å². The second-order valence-corrected chi connectivity index (χ2v) is 7.55. The number of pyridine rings is 1. The first-order valence-electron chi connectivity index (χ1n) is 7.60. The van der Waals surface area contributed by atoms with E-state index in [-0.39, 0.29) is 16.4 Å². The molecule has 0 radical (unpaired) electrons. The maximum absolute atomic E-state index is 14.3. The summed E-state index contributed by atoms with van der Waals surface area (Å²) in [6.45, 7) is 6.27. The fourth-order valence-electron chi connectivity index (χ4n) is 2.53. The van der Waals surface area contributed by atoms with Gasteiger partial charge in [-0.3, -0.25) is 4.79 Å². The minimum absolute atomic E-state index is 0.0377. The number of hydrogen-bond acceptors (Lipinski definition) is 3. The highest BCUT2D eigenvalue weighted by Crippen LogP contribution is 2.25. The second kappa shape index (κ2) is 5.75. The third kappa shape index (κ3) is 2.84. The lowest BCUT2D eigenvalue weighted by atomic mass is 9.89. The molecule has 0 bridgehead atoms. The predicted molar refractivity (Wildman–Crippen MR) is 98.2 cm³/mol. The molecule has 1 atom stereocenters. The molecular weight excluding hydrogens is 324 g/mol. The van der Waals surface area contributed by atoms with Crippen LogP contribution in [-0.2, 0) is 12.5 Å². The van der Waals surface area contributed by atoms with E-state index in [4.69, 9.17) is 0 Å². The van der Waals surface area contributed by atoms with Crippen LogP contribution in [0.1, 0.15) is 26.3 Å². The van der Waals surface area contributed by atoms with E-state index in [1.807, 2.05) is 0 Å². The van der Waals surface area contributed by atoms with Crippen molar-refractivity contribution in [2.24, 2.45) is 7.05 Å². The van der Waals surface area contributed by atoms with E-state index >= 15 is 0 Å². The van der Waals surface area contributed by atoms with Gasteiger partial charge in [-0.05, 0) is 28.4 Å². The summed E-state index contributed by atoms with van der Waals surface area (Å²) in [7, 11) is 4.11. The average molecular weight is 343 g/mol. The summed E-state index contributed by atoms with van der Waals surface area (Å²) in [6.07, 6.45) is 4.77. The van der Waals surface area contributed by atoms with Crippen LogP contribution in [0, 0.1) is 5.82 Å². The standard InChI is InChI=1S/C18H19FN3OP/c1-18(2,3)10-7-20-16(21-8-10)13-5-11-12(6-15(13)24)17(23)22(4)9-14(11)19/h5-9H,24H2,1-4H3. The molecule has 124 valence electrons.